The summed E-state index contributed by atoms with van der Waals surface area (Å²) in [6.45, 7) is 1.80. The normalized spacial score (nSPS) is 11.2. The largest absolute Gasteiger partial charge is 0.418 e. The lowest BCUT2D eigenvalue weighted by atomic mass is 10.1. The zero-order chi connectivity index (χ0) is 16.9. The zero-order valence-corrected chi connectivity index (χ0v) is 13.8. The van der Waals surface area contributed by atoms with Crippen LogP contribution in [0, 0.1) is 0 Å². The topological polar surface area (TPSA) is 40.6 Å². The molecule has 1 aromatic rings. The molecule has 0 aliphatic rings. The highest BCUT2D eigenvalue weighted by molar-refractivity contribution is 8.82. The summed E-state index contributed by atoms with van der Waals surface area (Å²) in [5.74, 6) is 0.585. The van der Waals surface area contributed by atoms with E-state index in [1.54, 1.807) is 6.92 Å². The van der Waals surface area contributed by atoms with Crippen LogP contribution in [0.3, 0.4) is 0 Å². The van der Waals surface area contributed by atoms with Gasteiger partial charge in [0.05, 0.1) is 11.3 Å². The van der Waals surface area contributed by atoms with Gasteiger partial charge in [0, 0.05) is 30.6 Å². The van der Waals surface area contributed by atoms with Crippen molar-refractivity contribution in [3.8, 4) is 0 Å². The average Bonchev–Trinajstić information content (AvgIpc) is 2.44. The summed E-state index contributed by atoms with van der Waals surface area (Å²) in [6.07, 6.45) is -4.66. The number of urea groups is 1. The summed E-state index contributed by atoms with van der Waals surface area (Å²) in [4.78, 5) is 26.0. The van der Waals surface area contributed by atoms with Gasteiger partial charge in [0.15, 0.2) is 0 Å². The summed E-state index contributed by atoms with van der Waals surface area (Å²) in [5.41, 5.74) is -1.50. The van der Waals surface area contributed by atoms with Crippen LogP contribution in [0.2, 0.25) is 0 Å². The Bertz CT molecular complexity index is 550. The molecule has 0 unspecified atom stereocenters. The van der Waals surface area contributed by atoms with Crippen molar-refractivity contribution in [2.75, 3.05) is 24.7 Å². The van der Waals surface area contributed by atoms with Gasteiger partial charge in [-0.15, -0.1) is 0 Å². The van der Waals surface area contributed by atoms with Crippen molar-refractivity contribution >= 4 is 38.5 Å². The minimum absolute atomic E-state index is 0.470. The molecule has 0 aromatic heterocycles. The van der Waals surface area contributed by atoms with Crippen LogP contribution in [0.1, 0.15) is 12.5 Å². The number of anilines is 1. The molecule has 0 saturated heterocycles. The second-order valence-electron chi connectivity index (χ2n) is 4.28. The van der Waals surface area contributed by atoms with Crippen LogP contribution >= 0.6 is 21.6 Å². The van der Waals surface area contributed by atoms with Gasteiger partial charge >= 0.3 is 17.4 Å². The minimum Gasteiger partial charge on any atom is -0.330 e. The highest BCUT2D eigenvalue weighted by Crippen LogP contribution is 2.38. The molecule has 0 fully saturated rings. The van der Waals surface area contributed by atoms with E-state index < -0.39 is 28.7 Å². The molecule has 0 atom stereocenters. The molecule has 22 heavy (non-hydrogen) atoms. The molecule has 9 heteroatoms. The van der Waals surface area contributed by atoms with Crippen molar-refractivity contribution < 1.29 is 22.8 Å². The molecule has 0 aliphatic carbocycles. The van der Waals surface area contributed by atoms with Gasteiger partial charge < -0.3 is 4.90 Å². The SMILES string of the molecule is CCSSC(=O)N(C(=O)N(C)C)c1ccccc1C(F)(F)F. The number of halogens is 3. The van der Waals surface area contributed by atoms with E-state index >= 15 is 0 Å². The summed E-state index contributed by atoms with van der Waals surface area (Å²) in [5, 5.41) is -0.762. The maximum atomic E-state index is 13.1. The third kappa shape index (κ3) is 4.57. The first-order valence-corrected chi connectivity index (χ1v) is 8.53. The zero-order valence-electron chi connectivity index (χ0n) is 12.2. The number of carbonyl (C=O) groups is 2. The van der Waals surface area contributed by atoms with Gasteiger partial charge in [-0.1, -0.05) is 29.9 Å². The number of nitrogens with zero attached hydrogens (tertiary/aromatic N) is 2. The third-order valence-electron chi connectivity index (χ3n) is 2.45. The van der Waals surface area contributed by atoms with Crippen LogP contribution in [-0.2, 0) is 6.18 Å². The van der Waals surface area contributed by atoms with Gasteiger partial charge in [-0.25, -0.2) is 9.69 Å². The standard InChI is InChI=1S/C13H15F3N2O2S2/c1-4-21-22-12(20)18(11(19)17(2)3)10-8-6-5-7-9(10)13(14,15)16/h5-8H,4H2,1-3H3. The molecule has 0 spiro atoms. The van der Waals surface area contributed by atoms with Crippen molar-refractivity contribution in [2.45, 2.75) is 13.1 Å². The highest BCUT2D eigenvalue weighted by atomic mass is 33.1. The second kappa shape index (κ2) is 7.77. The molecule has 1 rings (SSSR count). The van der Waals surface area contributed by atoms with E-state index in [0.717, 1.165) is 38.6 Å². The van der Waals surface area contributed by atoms with Crippen LogP contribution in [0.15, 0.2) is 24.3 Å². The molecular formula is C13H15F3N2O2S2. The summed E-state index contributed by atoms with van der Waals surface area (Å²) in [6, 6.07) is 3.69. The lowest BCUT2D eigenvalue weighted by molar-refractivity contribution is -0.137. The Labute approximate surface area is 134 Å². The maximum Gasteiger partial charge on any atom is 0.418 e. The van der Waals surface area contributed by atoms with E-state index in [1.165, 1.54) is 26.2 Å². The molecule has 122 valence electrons. The molecule has 0 bridgehead atoms. The third-order valence-corrected chi connectivity index (χ3v) is 4.62. The van der Waals surface area contributed by atoms with Crippen LogP contribution in [0.25, 0.3) is 0 Å². The number of imide groups is 1. The van der Waals surface area contributed by atoms with Gasteiger partial charge in [-0.3, -0.25) is 4.79 Å². The average molecular weight is 352 g/mol. The molecule has 3 amide bonds. The van der Waals surface area contributed by atoms with E-state index in [1.807, 2.05) is 0 Å². The fourth-order valence-corrected chi connectivity index (χ4v) is 2.88. The minimum atomic E-state index is -4.66. The lowest BCUT2D eigenvalue weighted by Crippen LogP contribution is -2.42. The molecular weight excluding hydrogens is 337 g/mol. The fraction of sp³-hybridized carbons (Fsp3) is 0.385. The smallest absolute Gasteiger partial charge is 0.330 e. The summed E-state index contributed by atoms with van der Waals surface area (Å²) < 4.78 is 39.3. The van der Waals surface area contributed by atoms with Gasteiger partial charge in [0.25, 0.3) is 0 Å². The molecule has 0 N–H and O–H groups in total. The summed E-state index contributed by atoms with van der Waals surface area (Å²) >= 11 is 0. The number of para-hydroxylation sites is 1. The van der Waals surface area contributed by atoms with Crippen molar-refractivity contribution in [3.05, 3.63) is 29.8 Å². The highest BCUT2D eigenvalue weighted by Gasteiger charge is 2.38. The van der Waals surface area contributed by atoms with E-state index in [-0.39, 0.29) is 0 Å². The van der Waals surface area contributed by atoms with Gasteiger partial charge in [0.2, 0.25) is 0 Å². The Morgan fingerprint density at radius 1 is 1.18 bits per heavy atom. The molecule has 4 nitrogen and oxygen atoms in total. The molecule has 0 heterocycles. The Morgan fingerprint density at radius 3 is 2.27 bits per heavy atom. The summed E-state index contributed by atoms with van der Waals surface area (Å²) in [7, 11) is 4.63. The van der Waals surface area contributed by atoms with Crippen molar-refractivity contribution in [3.63, 3.8) is 0 Å². The van der Waals surface area contributed by atoms with Crippen LogP contribution in [-0.4, -0.2) is 36.0 Å². The Hall–Kier alpha value is -1.35. The Kier molecular flexibility index (Phi) is 6.61. The predicted molar refractivity (Wildman–Crippen MR) is 84.1 cm³/mol. The molecule has 1 aromatic carbocycles. The van der Waals surface area contributed by atoms with Crippen molar-refractivity contribution in [1.29, 1.82) is 0 Å². The maximum absolute atomic E-state index is 13.1. The number of alkyl halides is 3. The Balaban J connectivity index is 3.34. The quantitative estimate of drug-likeness (QED) is 0.739. The van der Waals surface area contributed by atoms with Crippen molar-refractivity contribution in [2.24, 2.45) is 0 Å². The molecule has 0 saturated carbocycles. The monoisotopic (exact) mass is 352 g/mol. The van der Waals surface area contributed by atoms with E-state index in [4.69, 9.17) is 0 Å². The number of hydrogen-bond donors (Lipinski definition) is 0. The van der Waals surface area contributed by atoms with Crippen molar-refractivity contribution in [1.82, 2.24) is 4.90 Å². The van der Waals surface area contributed by atoms with E-state index in [9.17, 15) is 22.8 Å². The number of rotatable bonds is 3. The number of amides is 3. The first kappa shape index (κ1) is 18.7. The number of benzene rings is 1. The van der Waals surface area contributed by atoms with Crippen LogP contribution in [0.5, 0.6) is 0 Å². The van der Waals surface area contributed by atoms with E-state index in [0.29, 0.717) is 10.7 Å². The lowest BCUT2D eigenvalue weighted by Gasteiger charge is -2.26. The van der Waals surface area contributed by atoms with Crippen LogP contribution < -0.4 is 4.90 Å². The molecule has 0 radical (unpaired) electrons. The second-order valence-corrected chi connectivity index (χ2v) is 6.82. The molecule has 0 aliphatic heterocycles. The fourth-order valence-electron chi connectivity index (χ4n) is 1.53. The van der Waals surface area contributed by atoms with Crippen LogP contribution in [0.4, 0.5) is 28.4 Å². The van der Waals surface area contributed by atoms with Gasteiger partial charge in [-0.2, -0.15) is 13.2 Å². The van der Waals surface area contributed by atoms with E-state index in [2.05, 4.69) is 0 Å². The predicted octanol–water partition coefficient (Wildman–Crippen LogP) is 4.71. The first-order valence-electron chi connectivity index (χ1n) is 6.21. The van der Waals surface area contributed by atoms with Gasteiger partial charge in [0.1, 0.15) is 0 Å². The number of hydrogen-bond acceptors (Lipinski definition) is 4. The van der Waals surface area contributed by atoms with Gasteiger partial charge in [-0.05, 0) is 12.1 Å². The Morgan fingerprint density at radius 2 is 1.77 bits per heavy atom. The first-order chi connectivity index (χ1) is 10.2. The number of carbonyl (C=O) groups excluding carboxylic acids is 2.